The van der Waals surface area contributed by atoms with Crippen LogP contribution < -0.4 is 10.1 Å². The molecule has 1 fully saturated rings. The third-order valence-corrected chi connectivity index (χ3v) is 3.42. The van der Waals surface area contributed by atoms with Crippen molar-refractivity contribution in [2.45, 2.75) is 19.8 Å². The summed E-state index contributed by atoms with van der Waals surface area (Å²) in [6.07, 6.45) is 0. The van der Waals surface area contributed by atoms with Crippen LogP contribution in [0.1, 0.15) is 25.3 Å². The highest BCUT2D eigenvalue weighted by Crippen LogP contribution is 2.25. The first kappa shape index (κ1) is 13.4. The van der Waals surface area contributed by atoms with Crippen LogP contribution in [0.15, 0.2) is 24.3 Å². The van der Waals surface area contributed by atoms with Gasteiger partial charge in [-0.25, -0.2) is 0 Å². The van der Waals surface area contributed by atoms with Crippen LogP contribution in [0.25, 0.3) is 0 Å². The van der Waals surface area contributed by atoms with Crippen LogP contribution in [0.2, 0.25) is 0 Å². The third-order valence-electron chi connectivity index (χ3n) is 3.42. The first-order valence-corrected chi connectivity index (χ1v) is 6.92. The van der Waals surface area contributed by atoms with E-state index in [1.807, 2.05) is 6.07 Å². The second-order valence-electron chi connectivity index (χ2n) is 5.13. The molecule has 18 heavy (non-hydrogen) atoms. The molecule has 1 aromatic rings. The van der Waals surface area contributed by atoms with Crippen LogP contribution >= 0.6 is 0 Å². The molecule has 1 saturated heterocycles. The maximum atomic E-state index is 5.94. The number of nitrogens with zero attached hydrogens (tertiary/aromatic N) is 1. The van der Waals surface area contributed by atoms with Gasteiger partial charge in [-0.15, -0.1) is 0 Å². The highest BCUT2D eigenvalue weighted by Gasteiger charge is 2.10. The lowest BCUT2D eigenvalue weighted by molar-refractivity contribution is 0.190. The fourth-order valence-corrected chi connectivity index (χ4v) is 2.31. The molecule has 0 aliphatic carbocycles. The van der Waals surface area contributed by atoms with Gasteiger partial charge in [0.15, 0.2) is 0 Å². The lowest BCUT2D eigenvalue weighted by atomic mass is 10.0. The fraction of sp³-hybridized carbons (Fsp3) is 0.600. The van der Waals surface area contributed by atoms with Gasteiger partial charge in [-0.3, -0.25) is 4.90 Å². The number of benzene rings is 1. The number of ether oxygens (including phenoxy) is 1. The molecule has 3 nitrogen and oxygen atoms in total. The largest absolute Gasteiger partial charge is 0.492 e. The van der Waals surface area contributed by atoms with E-state index >= 15 is 0 Å². The Balaban J connectivity index is 1.82. The van der Waals surface area contributed by atoms with E-state index < -0.39 is 0 Å². The summed E-state index contributed by atoms with van der Waals surface area (Å²) >= 11 is 0. The Hall–Kier alpha value is -1.06. The summed E-state index contributed by atoms with van der Waals surface area (Å²) < 4.78 is 5.94. The van der Waals surface area contributed by atoms with Crippen molar-refractivity contribution in [3.63, 3.8) is 0 Å². The molecule has 0 amide bonds. The molecule has 0 unspecified atom stereocenters. The first-order valence-electron chi connectivity index (χ1n) is 6.92. The Kier molecular flexibility index (Phi) is 5.02. The summed E-state index contributed by atoms with van der Waals surface area (Å²) in [5.41, 5.74) is 1.30. The lowest BCUT2D eigenvalue weighted by Gasteiger charge is -2.27. The SMILES string of the molecule is CC(C)c1ccccc1OCCN1CCNCC1. The van der Waals surface area contributed by atoms with Gasteiger partial charge in [0.25, 0.3) is 0 Å². The summed E-state index contributed by atoms with van der Waals surface area (Å²) in [5.74, 6) is 1.56. The summed E-state index contributed by atoms with van der Waals surface area (Å²) in [4.78, 5) is 2.45. The average molecular weight is 248 g/mol. The Morgan fingerprint density at radius 2 is 1.94 bits per heavy atom. The van der Waals surface area contributed by atoms with E-state index in [1.54, 1.807) is 0 Å². The average Bonchev–Trinajstić information content (AvgIpc) is 2.40. The maximum Gasteiger partial charge on any atom is 0.122 e. The van der Waals surface area contributed by atoms with E-state index in [1.165, 1.54) is 5.56 Å². The Morgan fingerprint density at radius 1 is 1.22 bits per heavy atom. The molecule has 3 heteroatoms. The highest BCUT2D eigenvalue weighted by atomic mass is 16.5. The summed E-state index contributed by atoms with van der Waals surface area (Å²) in [7, 11) is 0. The van der Waals surface area contributed by atoms with Crippen molar-refractivity contribution in [3.05, 3.63) is 29.8 Å². The molecular weight excluding hydrogens is 224 g/mol. The molecule has 1 heterocycles. The molecular formula is C15H24N2O. The van der Waals surface area contributed by atoms with Crippen LogP contribution in [0, 0.1) is 0 Å². The third kappa shape index (κ3) is 3.72. The zero-order chi connectivity index (χ0) is 12.8. The zero-order valence-corrected chi connectivity index (χ0v) is 11.5. The minimum atomic E-state index is 0.514. The van der Waals surface area contributed by atoms with Crippen LogP contribution in [0.5, 0.6) is 5.75 Å². The van der Waals surface area contributed by atoms with Gasteiger partial charge >= 0.3 is 0 Å². The van der Waals surface area contributed by atoms with Gasteiger partial charge in [0.1, 0.15) is 12.4 Å². The lowest BCUT2D eigenvalue weighted by Crippen LogP contribution is -2.44. The summed E-state index contributed by atoms with van der Waals surface area (Å²) in [6.45, 7) is 10.7. The second kappa shape index (κ2) is 6.76. The number of nitrogens with one attached hydrogen (secondary N) is 1. The maximum absolute atomic E-state index is 5.94. The monoisotopic (exact) mass is 248 g/mol. The molecule has 0 saturated carbocycles. The van der Waals surface area contributed by atoms with Crippen molar-refractivity contribution in [2.75, 3.05) is 39.3 Å². The van der Waals surface area contributed by atoms with E-state index in [9.17, 15) is 0 Å². The predicted molar refractivity (Wildman–Crippen MR) is 75.3 cm³/mol. The Morgan fingerprint density at radius 3 is 2.67 bits per heavy atom. The minimum absolute atomic E-state index is 0.514. The van der Waals surface area contributed by atoms with Crippen molar-refractivity contribution in [1.29, 1.82) is 0 Å². The molecule has 100 valence electrons. The predicted octanol–water partition coefficient (Wildman–Crippen LogP) is 2.09. The van der Waals surface area contributed by atoms with Gasteiger partial charge in [0.2, 0.25) is 0 Å². The van der Waals surface area contributed by atoms with Gasteiger partial charge in [0.05, 0.1) is 0 Å². The molecule has 1 N–H and O–H groups in total. The Bertz CT molecular complexity index is 359. The molecule has 0 bridgehead atoms. The normalized spacial score (nSPS) is 17.1. The Labute approximate surface area is 110 Å². The van der Waals surface area contributed by atoms with Gasteiger partial charge in [-0.2, -0.15) is 0 Å². The summed E-state index contributed by atoms with van der Waals surface area (Å²) in [5, 5.41) is 3.36. The smallest absolute Gasteiger partial charge is 0.122 e. The van der Waals surface area contributed by atoms with E-state index in [-0.39, 0.29) is 0 Å². The number of para-hydroxylation sites is 1. The van der Waals surface area contributed by atoms with Crippen LogP contribution in [0.4, 0.5) is 0 Å². The molecule has 0 atom stereocenters. The van der Waals surface area contributed by atoms with E-state index in [0.717, 1.165) is 45.1 Å². The number of hydrogen-bond acceptors (Lipinski definition) is 3. The van der Waals surface area contributed by atoms with Gasteiger partial charge in [-0.05, 0) is 17.5 Å². The number of hydrogen-bond donors (Lipinski definition) is 1. The second-order valence-corrected chi connectivity index (χ2v) is 5.13. The highest BCUT2D eigenvalue weighted by molar-refractivity contribution is 5.35. The van der Waals surface area contributed by atoms with Crippen LogP contribution in [0.3, 0.4) is 0 Å². The van der Waals surface area contributed by atoms with E-state index in [0.29, 0.717) is 5.92 Å². The van der Waals surface area contributed by atoms with Crippen molar-refractivity contribution >= 4 is 0 Å². The zero-order valence-electron chi connectivity index (χ0n) is 11.5. The molecule has 1 aliphatic rings. The van der Waals surface area contributed by atoms with E-state index in [2.05, 4.69) is 42.3 Å². The summed E-state index contributed by atoms with van der Waals surface area (Å²) in [6, 6.07) is 8.36. The van der Waals surface area contributed by atoms with Crippen LogP contribution in [-0.4, -0.2) is 44.2 Å². The molecule has 0 radical (unpaired) electrons. The van der Waals surface area contributed by atoms with E-state index in [4.69, 9.17) is 4.74 Å². The molecule has 2 rings (SSSR count). The van der Waals surface area contributed by atoms with Crippen molar-refractivity contribution in [1.82, 2.24) is 10.2 Å². The quantitative estimate of drug-likeness (QED) is 0.863. The fourth-order valence-electron chi connectivity index (χ4n) is 2.31. The van der Waals surface area contributed by atoms with Gasteiger partial charge in [-0.1, -0.05) is 32.0 Å². The van der Waals surface area contributed by atoms with Gasteiger partial charge in [0, 0.05) is 32.7 Å². The minimum Gasteiger partial charge on any atom is -0.492 e. The van der Waals surface area contributed by atoms with Crippen molar-refractivity contribution in [2.24, 2.45) is 0 Å². The van der Waals surface area contributed by atoms with Crippen molar-refractivity contribution < 1.29 is 4.74 Å². The number of piperazine rings is 1. The van der Waals surface area contributed by atoms with Crippen LogP contribution in [-0.2, 0) is 0 Å². The molecule has 1 aliphatic heterocycles. The van der Waals surface area contributed by atoms with Crippen molar-refractivity contribution in [3.8, 4) is 5.75 Å². The molecule has 0 aromatic heterocycles. The molecule has 1 aromatic carbocycles. The first-order chi connectivity index (χ1) is 8.77. The van der Waals surface area contributed by atoms with Gasteiger partial charge < -0.3 is 10.1 Å². The topological polar surface area (TPSA) is 24.5 Å². The standard InChI is InChI=1S/C15H24N2O/c1-13(2)14-5-3-4-6-15(14)18-12-11-17-9-7-16-8-10-17/h3-6,13,16H,7-12H2,1-2H3. The molecule has 0 spiro atoms. The number of rotatable bonds is 5.